The number of rotatable bonds is 6. The Hall–Kier alpha value is -2.87. The molecule has 2 aromatic carbocycles. The lowest BCUT2D eigenvalue weighted by molar-refractivity contribution is -0.151. The number of nitrogens with zero attached hydrogens (tertiary/aromatic N) is 2. The number of hydrogen-bond donors (Lipinski definition) is 1. The first kappa shape index (κ1) is 20.9. The molecule has 1 heterocycles. The summed E-state index contributed by atoms with van der Waals surface area (Å²) in [5.41, 5.74) is 1.56. The Balaban J connectivity index is 1.37. The van der Waals surface area contributed by atoms with Gasteiger partial charge in [0.1, 0.15) is 6.54 Å². The van der Waals surface area contributed by atoms with E-state index in [2.05, 4.69) is 26.1 Å². The van der Waals surface area contributed by atoms with Crippen molar-refractivity contribution in [3.63, 3.8) is 0 Å². The molecule has 1 saturated heterocycles. The highest BCUT2D eigenvalue weighted by Gasteiger charge is 2.22. The monoisotopic (exact) mass is 459 g/mol. The van der Waals surface area contributed by atoms with E-state index in [4.69, 9.17) is 4.74 Å². The molecule has 8 heteroatoms. The summed E-state index contributed by atoms with van der Waals surface area (Å²) < 4.78 is 5.78. The molecule has 2 aromatic rings. The minimum absolute atomic E-state index is 0.232. The Bertz CT molecular complexity index is 867. The van der Waals surface area contributed by atoms with Gasteiger partial charge in [0, 0.05) is 41.9 Å². The SMILES string of the molecule is O=C(CNC(=O)c1cccc(Br)c1)OCC(=O)N1CCN(c2ccccc2)CC1. The summed E-state index contributed by atoms with van der Waals surface area (Å²) in [6.07, 6.45) is 0. The van der Waals surface area contributed by atoms with E-state index in [0.29, 0.717) is 18.7 Å². The van der Waals surface area contributed by atoms with E-state index in [0.717, 1.165) is 23.2 Å². The smallest absolute Gasteiger partial charge is 0.325 e. The third kappa shape index (κ3) is 6.05. The van der Waals surface area contributed by atoms with Gasteiger partial charge in [-0.2, -0.15) is 0 Å². The van der Waals surface area contributed by atoms with Gasteiger partial charge >= 0.3 is 5.97 Å². The van der Waals surface area contributed by atoms with E-state index in [1.165, 1.54) is 0 Å². The van der Waals surface area contributed by atoms with Crippen molar-refractivity contribution in [1.29, 1.82) is 0 Å². The molecule has 7 nitrogen and oxygen atoms in total. The largest absolute Gasteiger partial charge is 0.454 e. The van der Waals surface area contributed by atoms with Crippen molar-refractivity contribution in [1.82, 2.24) is 10.2 Å². The lowest BCUT2D eigenvalue weighted by Gasteiger charge is -2.36. The maximum absolute atomic E-state index is 12.3. The molecule has 1 N–H and O–H groups in total. The Kier molecular flexibility index (Phi) is 7.24. The fraction of sp³-hybridized carbons (Fsp3) is 0.286. The standard InChI is InChI=1S/C21H22BrN3O4/c22-17-6-4-5-16(13-17)21(28)23-14-20(27)29-15-19(26)25-11-9-24(10-12-25)18-7-2-1-3-8-18/h1-8,13H,9-12,14-15H2,(H,23,28). The Morgan fingerprint density at radius 1 is 0.966 bits per heavy atom. The van der Waals surface area contributed by atoms with Gasteiger partial charge in [0.2, 0.25) is 0 Å². The van der Waals surface area contributed by atoms with E-state index < -0.39 is 5.97 Å². The quantitative estimate of drug-likeness (QED) is 0.668. The second kappa shape index (κ2) is 10.1. The zero-order valence-corrected chi connectivity index (χ0v) is 17.4. The van der Waals surface area contributed by atoms with E-state index in [9.17, 15) is 14.4 Å². The van der Waals surface area contributed by atoms with Crippen LogP contribution in [0.2, 0.25) is 0 Å². The lowest BCUT2D eigenvalue weighted by atomic mass is 10.2. The van der Waals surface area contributed by atoms with Crippen molar-refractivity contribution < 1.29 is 19.1 Å². The maximum Gasteiger partial charge on any atom is 0.325 e. The van der Waals surface area contributed by atoms with Crippen molar-refractivity contribution in [2.45, 2.75) is 0 Å². The normalized spacial score (nSPS) is 13.7. The summed E-state index contributed by atoms with van der Waals surface area (Å²) in [4.78, 5) is 40.0. The van der Waals surface area contributed by atoms with Crippen LogP contribution in [0.15, 0.2) is 59.1 Å². The molecule has 29 heavy (non-hydrogen) atoms. The number of amides is 2. The van der Waals surface area contributed by atoms with Crippen LogP contribution in [-0.2, 0) is 14.3 Å². The second-order valence-electron chi connectivity index (χ2n) is 6.56. The first-order valence-electron chi connectivity index (χ1n) is 9.30. The Labute approximate surface area is 177 Å². The van der Waals surface area contributed by atoms with Crippen molar-refractivity contribution in [3.05, 3.63) is 64.6 Å². The topological polar surface area (TPSA) is 78.9 Å². The number of nitrogens with one attached hydrogen (secondary N) is 1. The highest BCUT2D eigenvalue weighted by molar-refractivity contribution is 9.10. The molecular formula is C21H22BrN3O4. The first-order valence-corrected chi connectivity index (χ1v) is 10.1. The fourth-order valence-electron chi connectivity index (χ4n) is 3.02. The number of hydrogen-bond acceptors (Lipinski definition) is 5. The van der Waals surface area contributed by atoms with E-state index in [1.54, 1.807) is 29.2 Å². The molecule has 0 unspecified atom stereocenters. The number of carbonyl (C=O) groups is 3. The van der Waals surface area contributed by atoms with Gasteiger partial charge in [-0.3, -0.25) is 14.4 Å². The molecule has 2 amide bonds. The third-order valence-electron chi connectivity index (χ3n) is 4.59. The number of piperazine rings is 1. The number of ether oxygens (including phenoxy) is 1. The minimum atomic E-state index is -0.649. The van der Waals surface area contributed by atoms with E-state index >= 15 is 0 Å². The lowest BCUT2D eigenvalue weighted by Crippen LogP contribution is -2.50. The number of anilines is 1. The van der Waals surface area contributed by atoms with Gasteiger partial charge in [-0.15, -0.1) is 0 Å². The molecule has 0 atom stereocenters. The van der Waals surface area contributed by atoms with Gasteiger partial charge in [0.25, 0.3) is 11.8 Å². The second-order valence-corrected chi connectivity index (χ2v) is 7.47. The number of benzene rings is 2. The van der Waals surface area contributed by atoms with Crippen LogP contribution >= 0.6 is 15.9 Å². The Morgan fingerprint density at radius 3 is 2.38 bits per heavy atom. The predicted octanol–water partition coefficient (Wildman–Crippen LogP) is 2.07. The zero-order chi connectivity index (χ0) is 20.6. The van der Waals surface area contributed by atoms with Gasteiger partial charge < -0.3 is 19.9 Å². The van der Waals surface area contributed by atoms with Crippen LogP contribution in [0.4, 0.5) is 5.69 Å². The van der Waals surface area contributed by atoms with Crippen LogP contribution in [0.3, 0.4) is 0 Å². The molecule has 1 aliphatic heterocycles. The fourth-order valence-corrected chi connectivity index (χ4v) is 3.42. The molecular weight excluding hydrogens is 438 g/mol. The summed E-state index contributed by atoms with van der Waals surface area (Å²) in [7, 11) is 0. The third-order valence-corrected chi connectivity index (χ3v) is 5.08. The molecule has 0 aliphatic carbocycles. The van der Waals surface area contributed by atoms with Crippen LogP contribution < -0.4 is 10.2 Å². The first-order chi connectivity index (χ1) is 14.0. The zero-order valence-electron chi connectivity index (χ0n) is 15.8. The molecule has 0 radical (unpaired) electrons. The Morgan fingerprint density at radius 2 is 1.69 bits per heavy atom. The summed E-state index contributed by atoms with van der Waals surface area (Å²) >= 11 is 3.29. The summed E-state index contributed by atoms with van der Waals surface area (Å²) in [5.74, 6) is -1.26. The summed E-state index contributed by atoms with van der Waals surface area (Å²) in [6, 6.07) is 16.9. The number of carbonyl (C=O) groups excluding carboxylic acids is 3. The van der Waals surface area contributed by atoms with Gasteiger partial charge in [0.05, 0.1) is 0 Å². The van der Waals surface area contributed by atoms with E-state index in [-0.39, 0.29) is 25.0 Å². The molecule has 1 fully saturated rings. The van der Waals surface area contributed by atoms with Crippen molar-refractivity contribution in [2.24, 2.45) is 0 Å². The average molecular weight is 460 g/mol. The van der Waals surface area contributed by atoms with Crippen LogP contribution in [0.25, 0.3) is 0 Å². The molecule has 0 aromatic heterocycles. The summed E-state index contributed by atoms with van der Waals surface area (Å²) in [5, 5.41) is 2.49. The highest BCUT2D eigenvalue weighted by Crippen LogP contribution is 2.15. The van der Waals surface area contributed by atoms with Gasteiger partial charge in [0.15, 0.2) is 6.61 Å². The van der Waals surface area contributed by atoms with Gasteiger partial charge in [-0.1, -0.05) is 40.2 Å². The van der Waals surface area contributed by atoms with Crippen molar-refractivity contribution in [3.8, 4) is 0 Å². The average Bonchev–Trinajstić information content (AvgIpc) is 2.76. The van der Waals surface area contributed by atoms with Crippen LogP contribution in [0.1, 0.15) is 10.4 Å². The van der Waals surface area contributed by atoms with E-state index in [1.807, 2.05) is 30.3 Å². The number of para-hydroxylation sites is 1. The van der Waals surface area contributed by atoms with Crippen LogP contribution in [0.5, 0.6) is 0 Å². The molecule has 0 saturated carbocycles. The number of esters is 1. The van der Waals surface area contributed by atoms with Crippen LogP contribution in [0, 0.1) is 0 Å². The highest BCUT2D eigenvalue weighted by atomic mass is 79.9. The van der Waals surface area contributed by atoms with Crippen molar-refractivity contribution in [2.75, 3.05) is 44.2 Å². The molecule has 1 aliphatic rings. The maximum atomic E-state index is 12.3. The number of halogens is 1. The van der Waals surface area contributed by atoms with Crippen molar-refractivity contribution >= 4 is 39.4 Å². The molecule has 0 bridgehead atoms. The molecule has 152 valence electrons. The molecule has 0 spiro atoms. The van der Waals surface area contributed by atoms with Gasteiger partial charge in [-0.25, -0.2) is 0 Å². The summed E-state index contributed by atoms with van der Waals surface area (Å²) in [6.45, 7) is 1.99. The minimum Gasteiger partial charge on any atom is -0.454 e. The molecule has 3 rings (SSSR count). The predicted molar refractivity (Wildman–Crippen MR) is 113 cm³/mol. The van der Waals surface area contributed by atoms with Gasteiger partial charge in [-0.05, 0) is 30.3 Å². The van der Waals surface area contributed by atoms with Crippen LogP contribution in [-0.4, -0.2) is 62.0 Å².